The number of hydrogen-bond donors (Lipinski definition) is 1. The van der Waals surface area contributed by atoms with Crippen molar-refractivity contribution >= 4 is 0 Å². The molecule has 0 saturated carbocycles. The molecule has 0 aliphatic carbocycles. The molecule has 0 aliphatic heterocycles. The molecule has 26 heavy (non-hydrogen) atoms. The summed E-state index contributed by atoms with van der Waals surface area (Å²) in [5.74, 6) is 0.214. The van der Waals surface area contributed by atoms with Crippen molar-refractivity contribution in [3.8, 4) is 22.9 Å². The smallest absolute Gasteiger partial charge is 0.123 e. The zero-order valence-electron chi connectivity index (χ0n) is 14.7. The van der Waals surface area contributed by atoms with E-state index < -0.39 is 0 Å². The molecule has 3 nitrogen and oxygen atoms in total. The van der Waals surface area contributed by atoms with Gasteiger partial charge in [0.1, 0.15) is 11.9 Å². The summed E-state index contributed by atoms with van der Waals surface area (Å²) in [4.78, 5) is 0. The highest BCUT2D eigenvalue weighted by Crippen LogP contribution is 2.40. The third kappa shape index (κ3) is 3.93. The van der Waals surface area contributed by atoms with Crippen molar-refractivity contribution in [1.82, 2.24) is 0 Å². The van der Waals surface area contributed by atoms with Crippen molar-refractivity contribution in [3.63, 3.8) is 0 Å². The maximum absolute atomic E-state index is 10.6. The third-order valence-corrected chi connectivity index (χ3v) is 4.27. The van der Waals surface area contributed by atoms with Gasteiger partial charge in [-0.3, -0.25) is 0 Å². The van der Waals surface area contributed by atoms with E-state index in [0.717, 1.165) is 22.3 Å². The number of hydrogen-bond acceptors (Lipinski definition) is 3. The molecule has 3 aromatic rings. The van der Waals surface area contributed by atoms with Crippen molar-refractivity contribution < 1.29 is 9.84 Å². The molecular formula is C23H21NO2. The second-order valence-electron chi connectivity index (χ2n) is 6.21. The van der Waals surface area contributed by atoms with Crippen LogP contribution in [0.25, 0.3) is 11.1 Å². The summed E-state index contributed by atoms with van der Waals surface area (Å²) in [7, 11) is 0. The number of ether oxygens (including phenoxy) is 1. The molecule has 3 aromatic carbocycles. The van der Waals surface area contributed by atoms with Crippen LogP contribution in [0.1, 0.15) is 30.6 Å². The Morgan fingerprint density at radius 3 is 2.23 bits per heavy atom. The molecule has 3 rings (SSSR count). The fourth-order valence-corrected chi connectivity index (χ4v) is 3.06. The van der Waals surface area contributed by atoms with E-state index in [1.165, 1.54) is 0 Å². The van der Waals surface area contributed by atoms with Gasteiger partial charge in [0.25, 0.3) is 0 Å². The van der Waals surface area contributed by atoms with E-state index in [2.05, 4.69) is 6.07 Å². The highest BCUT2D eigenvalue weighted by molar-refractivity contribution is 5.74. The molecule has 0 radical (unpaired) electrons. The predicted molar refractivity (Wildman–Crippen MR) is 103 cm³/mol. The van der Waals surface area contributed by atoms with Gasteiger partial charge in [-0.15, -0.1) is 0 Å². The number of phenols is 1. The first-order valence-corrected chi connectivity index (χ1v) is 8.65. The molecule has 0 saturated heterocycles. The van der Waals surface area contributed by atoms with E-state index in [4.69, 9.17) is 10.00 Å². The van der Waals surface area contributed by atoms with E-state index in [1.54, 1.807) is 6.07 Å². The van der Waals surface area contributed by atoms with E-state index in [9.17, 15) is 5.11 Å². The average molecular weight is 343 g/mol. The van der Waals surface area contributed by atoms with Crippen LogP contribution in [-0.4, -0.2) is 11.2 Å². The highest BCUT2D eigenvalue weighted by Gasteiger charge is 2.23. The fraction of sp³-hybridized carbons (Fsp3) is 0.174. The lowest BCUT2D eigenvalue weighted by Crippen LogP contribution is -2.15. The lowest BCUT2D eigenvalue weighted by Gasteiger charge is -2.25. The summed E-state index contributed by atoms with van der Waals surface area (Å²) in [6.07, 6.45) is -0.291. The average Bonchev–Trinajstić information content (AvgIpc) is 2.67. The number of nitrogens with zero attached hydrogens (tertiary/aromatic N) is 1. The van der Waals surface area contributed by atoms with Gasteiger partial charge in [0, 0.05) is 5.56 Å². The minimum Gasteiger partial charge on any atom is -0.507 e. The molecule has 0 amide bonds. The molecule has 1 N–H and O–H groups in total. The number of nitriles is 1. The van der Waals surface area contributed by atoms with Gasteiger partial charge in [-0.1, -0.05) is 72.8 Å². The van der Waals surface area contributed by atoms with Crippen LogP contribution >= 0.6 is 0 Å². The van der Waals surface area contributed by atoms with Crippen molar-refractivity contribution in [3.05, 3.63) is 90.0 Å². The maximum atomic E-state index is 10.6. The first kappa shape index (κ1) is 17.7. The third-order valence-electron chi connectivity index (χ3n) is 4.27. The van der Waals surface area contributed by atoms with Crippen LogP contribution < -0.4 is 0 Å². The Morgan fingerprint density at radius 2 is 1.58 bits per heavy atom. The SMILES string of the molecule is CC(CC#N)OC(c1ccccc1)c1cccc(O)c1-c1ccccc1. The van der Waals surface area contributed by atoms with Crippen LogP contribution in [0, 0.1) is 11.3 Å². The largest absolute Gasteiger partial charge is 0.507 e. The van der Waals surface area contributed by atoms with Gasteiger partial charge in [0.05, 0.1) is 18.6 Å². The molecule has 3 heteroatoms. The van der Waals surface area contributed by atoms with Gasteiger partial charge in [-0.2, -0.15) is 5.26 Å². The Morgan fingerprint density at radius 1 is 0.923 bits per heavy atom. The van der Waals surface area contributed by atoms with Gasteiger partial charge < -0.3 is 9.84 Å². The molecule has 0 fully saturated rings. The quantitative estimate of drug-likeness (QED) is 0.646. The predicted octanol–water partition coefficient (Wildman–Crippen LogP) is 5.47. The van der Waals surface area contributed by atoms with Gasteiger partial charge in [0.2, 0.25) is 0 Å². The van der Waals surface area contributed by atoms with Crippen LogP contribution in [0.4, 0.5) is 0 Å². The summed E-state index contributed by atoms with van der Waals surface area (Å²) in [5, 5.41) is 19.6. The van der Waals surface area contributed by atoms with Crippen LogP contribution in [-0.2, 0) is 4.74 Å². The van der Waals surface area contributed by atoms with Gasteiger partial charge in [-0.05, 0) is 29.7 Å². The van der Waals surface area contributed by atoms with Crippen LogP contribution in [0.3, 0.4) is 0 Å². The normalized spacial score (nSPS) is 12.9. The highest BCUT2D eigenvalue weighted by atomic mass is 16.5. The molecule has 0 spiro atoms. The molecule has 2 atom stereocenters. The van der Waals surface area contributed by atoms with Crippen molar-refractivity contribution in [2.24, 2.45) is 0 Å². The molecule has 130 valence electrons. The van der Waals surface area contributed by atoms with Crippen LogP contribution in [0.15, 0.2) is 78.9 Å². The Kier molecular flexibility index (Phi) is 5.68. The lowest BCUT2D eigenvalue weighted by molar-refractivity contribution is 0.0224. The van der Waals surface area contributed by atoms with Crippen molar-refractivity contribution in [1.29, 1.82) is 5.26 Å². The topological polar surface area (TPSA) is 53.2 Å². The molecule has 0 aromatic heterocycles. The Bertz CT molecular complexity index is 885. The summed E-state index contributed by atoms with van der Waals surface area (Å²) < 4.78 is 6.25. The fourth-order valence-electron chi connectivity index (χ4n) is 3.06. The first-order valence-electron chi connectivity index (χ1n) is 8.65. The van der Waals surface area contributed by atoms with E-state index in [1.807, 2.05) is 79.7 Å². The number of benzene rings is 3. The Hall–Kier alpha value is -3.09. The lowest BCUT2D eigenvalue weighted by atomic mass is 9.91. The second-order valence-corrected chi connectivity index (χ2v) is 6.21. The second kappa shape index (κ2) is 8.33. The Labute approximate surface area is 154 Å². The summed E-state index contributed by atoms with van der Waals surface area (Å²) in [6, 6.07) is 27.3. The zero-order valence-corrected chi connectivity index (χ0v) is 14.7. The van der Waals surface area contributed by atoms with Gasteiger partial charge in [-0.25, -0.2) is 0 Å². The van der Waals surface area contributed by atoms with Crippen molar-refractivity contribution in [2.75, 3.05) is 0 Å². The standard InChI is InChI=1S/C23H21NO2/c1-17(15-16-24)26-23(19-11-6-3-7-12-19)20-13-8-14-21(25)22(20)18-9-4-2-5-10-18/h2-14,17,23,25H,15H2,1H3. The maximum Gasteiger partial charge on any atom is 0.123 e. The van der Waals surface area contributed by atoms with Crippen molar-refractivity contribution in [2.45, 2.75) is 25.6 Å². The van der Waals surface area contributed by atoms with E-state index in [0.29, 0.717) is 6.42 Å². The molecule has 0 bridgehead atoms. The van der Waals surface area contributed by atoms with Crippen LogP contribution in [0.2, 0.25) is 0 Å². The minimum absolute atomic E-state index is 0.214. The summed E-state index contributed by atoms with van der Waals surface area (Å²) >= 11 is 0. The molecule has 2 unspecified atom stereocenters. The van der Waals surface area contributed by atoms with Gasteiger partial charge >= 0.3 is 0 Å². The molecule has 0 heterocycles. The van der Waals surface area contributed by atoms with Crippen LogP contribution in [0.5, 0.6) is 5.75 Å². The van der Waals surface area contributed by atoms with E-state index in [-0.39, 0.29) is 18.0 Å². The number of rotatable bonds is 6. The first-order chi connectivity index (χ1) is 12.7. The summed E-state index contributed by atoms with van der Waals surface area (Å²) in [5.41, 5.74) is 3.55. The number of aromatic hydroxyl groups is 1. The Balaban J connectivity index is 2.13. The summed E-state index contributed by atoms with van der Waals surface area (Å²) in [6.45, 7) is 1.89. The number of phenolic OH excluding ortho intramolecular Hbond substituents is 1. The monoisotopic (exact) mass is 343 g/mol. The zero-order chi connectivity index (χ0) is 18.4. The molecule has 0 aliphatic rings. The van der Waals surface area contributed by atoms with Gasteiger partial charge in [0.15, 0.2) is 0 Å². The van der Waals surface area contributed by atoms with E-state index >= 15 is 0 Å². The molecular weight excluding hydrogens is 322 g/mol. The minimum atomic E-state index is -0.373.